The number of hydrogen-bond acceptors (Lipinski definition) is 3. The van der Waals surface area contributed by atoms with Gasteiger partial charge in [0.25, 0.3) is 5.56 Å². The fourth-order valence-electron chi connectivity index (χ4n) is 3.79. The van der Waals surface area contributed by atoms with Gasteiger partial charge in [-0.15, -0.1) is 0 Å². The first-order chi connectivity index (χ1) is 14.3. The molecule has 0 atom stereocenters. The molecule has 30 heavy (non-hydrogen) atoms. The molecule has 2 aromatic heterocycles. The van der Waals surface area contributed by atoms with Crippen LogP contribution in [0.2, 0.25) is 5.02 Å². The highest BCUT2D eigenvalue weighted by molar-refractivity contribution is 6.31. The van der Waals surface area contributed by atoms with E-state index in [0.29, 0.717) is 21.5 Å². The summed E-state index contributed by atoms with van der Waals surface area (Å²) in [5.74, 6) is -0.136. The quantitative estimate of drug-likeness (QED) is 0.439. The average Bonchev–Trinajstić information content (AvgIpc) is 3.01. The summed E-state index contributed by atoms with van der Waals surface area (Å²) >= 11 is 6.02. The fourth-order valence-corrected chi connectivity index (χ4v) is 3.96. The first-order valence-corrected chi connectivity index (χ1v) is 10.1. The van der Waals surface area contributed by atoms with E-state index in [1.165, 1.54) is 22.0 Å². The van der Waals surface area contributed by atoms with Crippen molar-refractivity contribution in [2.45, 2.75) is 34.2 Å². The molecule has 0 fully saturated rings. The number of Topliss-reactive ketones (excluding diaryl/α,β-unsaturated/α-hetero) is 1. The molecule has 0 saturated heterocycles. The van der Waals surface area contributed by atoms with Crippen LogP contribution in [0.15, 0.2) is 53.6 Å². The topological polar surface area (TPSA) is 56.9 Å². The monoisotopic (exact) mass is 419 g/mol. The van der Waals surface area contributed by atoms with E-state index in [1.54, 1.807) is 18.2 Å². The number of carbonyl (C=O) groups excluding carboxylic acids is 1. The van der Waals surface area contributed by atoms with Gasteiger partial charge in [-0.1, -0.05) is 17.7 Å². The second-order valence-corrected chi connectivity index (χ2v) is 8.09. The fraction of sp³-hybridized carbons (Fsp3) is 0.208. The van der Waals surface area contributed by atoms with E-state index in [0.717, 1.165) is 17.1 Å². The highest BCUT2D eigenvalue weighted by Gasteiger charge is 2.18. The summed E-state index contributed by atoms with van der Waals surface area (Å²) in [5.41, 5.74) is 6.14. The zero-order valence-corrected chi connectivity index (χ0v) is 18.1. The van der Waals surface area contributed by atoms with Crippen LogP contribution in [0.5, 0.6) is 0 Å². The molecule has 0 aliphatic rings. The van der Waals surface area contributed by atoms with Gasteiger partial charge in [-0.25, -0.2) is 4.98 Å². The number of ketones is 1. The van der Waals surface area contributed by atoms with Crippen LogP contribution in [0.25, 0.3) is 16.6 Å². The highest BCUT2D eigenvalue weighted by atomic mass is 35.5. The van der Waals surface area contributed by atoms with Gasteiger partial charge in [0, 0.05) is 27.7 Å². The van der Waals surface area contributed by atoms with Crippen LogP contribution in [0.4, 0.5) is 0 Å². The standard InChI is InChI=1S/C24H22ClN3O2/c1-14-5-7-19(9-15(14)2)28-16(3)10-20(17(28)4)23(29)12-27-13-26-22-8-6-18(25)11-21(22)24(27)30/h5-11,13H,12H2,1-4H3. The predicted octanol–water partition coefficient (Wildman–Crippen LogP) is 4.96. The van der Waals surface area contributed by atoms with Crippen molar-refractivity contribution in [2.24, 2.45) is 0 Å². The smallest absolute Gasteiger partial charge is 0.261 e. The van der Waals surface area contributed by atoms with Crippen LogP contribution in [-0.2, 0) is 6.54 Å². The molecule has 4 rings (SSSR count). The highest BCUT2D eigenvalue weighted by Crippen LogP contribution is 2.23. The lowest BCUT2D eigenvalue weighted by Crippen LogP contribution is -2.25. The summed E-state index contributed by atoms with van der Waals surface area (Å²) in [7, 11) is 0. The summed E-state index contributed by atoms with van der Waals surface area (Å²) < 4.78 is 3.41. The Labute approximate surface area is 179 Å². The number of benzene rings is 2. The Balaban J connectivity index is 1.71. The lowest BCUT2D eigenvalue weighted by Gasteiger charge is -2.12. The van der Waals surface area contributed by atoms with Crippen molar-refractivity contribution in [1.29, 1.82) is 0 Å². The molecule has 2 aromatic carbocycles. The van der Waals surface area contributed by atoms with Crippen LogP contribution < -0.4 is 5.56 Å². The Bertz CT molecular complexity index is 1370. The molecule has 152 valence electrons. The number of nitrogens with zero attached hydrogens (tertiary/aromatic N) is 3. The van der Waals surface area contributed by atoms with Crippen molar-refractivity contribution in [3.63, 3.8) is 0 Å². The molecule has 0 saturated carbocycles. The van der Waals surface area contributed by atoms with Gasteiger partial charge < -0.3 is 4.57 Å². The maximum atomic E-state index is 13.1. The normalized spacial score (nSPS) is 11.2. The van der Waals surface area contributed by atoms with Crippen molar-refractivity contribution >= 4 is 28.3 Å². The molecule has 2 heterocycles. The third-order valence-corrected chi connectivity index (χ3v) is 5.82. The Morgan fingerprint density at radius 3 is 2.50 bits per heavy atom. The van der Waals surface area contributed by atoms with E-state index in [9.17, 15) is 9.59 Å². The summed E-state index contributed by atoms with van der Waals surface area (Å²) in [6.45, 7) is 7.98. The molecule has 0 bridgehead atoms. The number of halogens is 1. The van der Waals surface area contributed by atoms with E-state index < -0.39 is 0 Å². The maximum Gasteiger partial charge on any atom is 0.261 e. The van der Waals surface area contributed by atoms with Crippen molar-refractivity contribution in [2.75, 3.05) is 0 Å². The third-order valence-electron chi connectivity index (χ3n) is 5.58. The zero-order valence-electron chi connectivity index (χ0n) is 17.4. The average molecular weight is 420 g/mol. The Morgan fingerprint density at radius 2 is 1.77 bits per heavy atom. The zero-order chi connectivity index (χ0) is 21.6. The summed E-state index contributed by atoms with van der Waals surface area (Å²) in [4.78, 5) is 30.2. The number of aryl methyl sites for hydroxylation is 3. The number of fused-ring (bicyclic) bond motifs is 1. The van der Waals surface area contributed by atoms with Gasteiger partial charge in [0.15, 0.2) is 5.78 Å². The van der Waals surface area contributed by atoms with E-state index in [4.69, 9.17) is 11.6 Å². The number of hydrogen-bond donors (Lipinski definition) is 0. The summed E-state index contributed by atoms with van der Waals surface area (Å²) in [6, 6.07) is 13.1. The van der Waals surface area contributed by atoms with Gasteiger partial charge in [-0.3, -0.25) is 14.2 Å². The van der Waals surface area contributed by atoms with Gasteiger partial charge >= 0.3 is 0 Å². The predicted molar refractivity (Wildman–Crippen MR) is 120 cm³/mol. The molecule has 0 spiro atoms. The first kappa shape index (κ1) is 20.1. The minimum atomic E-state index is -0.279. The van der Waals surface area contributed by atoms with Crippen molar-refractivity contribution < 1.29 is 4.79 Å². The second kappa shape index (κ2) is 7.58. The molecular formula is C24H22ClN3O2. The molecule has 0 N–H and O–H groups in total. The van der Waals surface area contributed by atoms with Crippen LogP contribution in [-0.4, -0.2) is 19.9 Å². The molecule has 6 heteroatoms. The van der Waals surface area contributed by atoms with Gasteiger partial charge in [-0.05, 0) is 75.2 Å². The van der Waals surface area contributed by atoms with E-state index in [2.05, 4.69) is 41.6 Å². The number of rotatable bonds is 4. The Hall–Kier alpha value is -3.18. The van der Waals surface area contributed by atoms with Gasteiger partial charge in [0.05, 0.1) is 23.8 Å². The minimum absolute atomic E-state index is 0.0779. The molecule has 0 unspecified atom stereocenters. The summed E-state index contributed by atoms with van der Waals surface area (Å²) in [5, 5.41) is 0.862. The van der Waals surface area contributed by atoms with Crippen molar-refractivity contribution in [3.05, 3.63) is 92.2 Å². The van der Waals surface area contributed by atoms with Gasteiger partial charge in [0.2, 0.25) is 0 Å². The van der Waals surface area contributed by atoms with Gasteiger partial charge in [-0.2, -0.15) is 0 Å². The molecule has 0 aliphatic carbocycles. The van der Waals surface area contributed by atoms with E-state index in [-0.39, 0.29) is 17.9 Å². The summed E-state index contributed by atoms with van der Waals surface area (Å²) in [6.07, 6.45) is 1.42. The molecule has 4 aromatic rings. The Morgan fingerprint density at radius 1 is 1.00 bits per heavy atom. The minimum Gasteiger partial charge on any atom is -0.318 e. The van der Waals surface area contributed by atoms with Crippen molar-refractivity contribution in [1.82, 2.24) is 14.1 Å². The van der Waals surface area contributed by atoms with Crippen LogP contribution in [0.3, 0.4) is 0 Å². The number of aromatic nitrogens is 3. The van der Waals surface area contributed by atoms with Crippen molar-refractivity contribution in [3.8, 4) is 5.69 Å². The van der Waals surface area contributed by atoms with Gasteiger partial charge in [0.1, 0.15) is 0 Å². The molecule has 0 radical (unpaired) electrons. The third kappa shape index (κ3) is 3.46. The van der Waals surface area contributed by atoms with E-state index in [1.807, 2.05) is 19.9 Å². The van der Waals surface area contributed by atoms with Crippen LogP contribution >= 0.6 is 11.6 Å². The molecule has 0 aliphatic heterocycles. The molecular weight excluding hydrogens is 398 g/mol. The molecule has 5 nitrogen and oxygen atoms in total. The second-order valence-electron chi connectivity index (χ2n) is 7.65. The van der Waals surface area contributed by atoms with E-state index >= 15 is 0 Å². The first-order valence-electron chi connectivity index (χ1n) is 9.70. The van der Waals surface area contributed by atoms with Crippen LogP contribution in [0.1, 0.15) is 32.9 Å². The maximum absolute atomic E-state index is 13.1. The van der Waals surface area contributed by atoms with Crippen LogP contribution in [0, 0.1) is 27.7 Å². The SMILES string of the molecule is Cc1ccc(-n2c(C)cc(C(=O)Cn3cnc4ccc(Cl)cc4c3=O)c2C)cc1C. The molecule has 0 amide bonds. The lowest BCUT2D eigenvalue weighted by molar-refractivity contribution is 0.0970. The number of carbonyl (C=O) groups is 1. The largest absolute Gasteiger partial charge is 0.318 e. The Kier molecular flexibility index (Phi) is 5.08. The lowest BCUT2D eigenvalue weighted by atomic mass is 10.1.